The highest BCUT2D eigenvalue weighted by Gasteiger charge is 2.47. The summed E-state index contributed by atoms with van der Waals surface area (Å²) in [5.41, 5.74) is 2.60. The highest BCUT2D eigenvalue weighted by Crippen LogP contribution is 2.43. The molecule has 1 unspecified atom stereocenters. The van der Waals surface area contributed by atoms with E-state index in [1.54, 1.807) is 0 Å². The van der Waals surface area contributed by atoms with Gasteiger partial charge in [-0.05, 0) is 11.1 Å². The summed E-state index contributed by atoms with van der Waals surface area (Å²) >= 11 is 0. The van der Waals surface area contributed by atoms with Crippen LogP contribution in [0.3, 0.4) is 0 Å². The van der Waals surface area contributed by atoms with E-state index in [2.05, 4.69) is 53.4 Å². The number of rotatable bonds is 4. The van der Waals surface area contributed by atoms with Crippen molar-refractivity contribution in [2.75, 3.05) is 6.61 Å². The highest BCUT2D eigenvalue weighted by molar-refractivity contribution is 5.28. The van der Waals surface area contributed by atoms with E-state index in [4.69, 9.17) is 0 Å². The maximum absolute atomic E-state index is 9.44. The van der Waals surface area contributed by atoms with Crippen molar-refractivity contribution in [3.8, 4) is 0 Å². The minimum atomic E-state index is 0.229. The average molecular weight is 239 g/mol. The second-order valence-corrected chi connectivity index (χ2v) is 4.76. The lowest BCUT2D eigenvalue weighted by atomic mass is 10.1. The molecule has 1 N–H and O–H groups in total. The summed E-state index contributed by atoms with van der Waals surface area (Å²) in [5, 5.41) is 9.44. The van der Waals surface area contributed by atoms with Crippen molar-refractivity contribution in [2.45, 2.75) is 18.6 Å². The lowest BCUT2D eigenvalue weighted by Gasteiger charge is -2.04. The molecule has 2 aromatic rings. The van der Waals surface area contributed by atoms with Gasteiger partial charge in [0.1, 0.15) is 0 Å². The zero-order chi connectivity index (χ0) is 12.4. The van der Waals surface area contributed by atoms with Gasteiger partial charge in [-0.15, -0.1) is 0 Å². The van der Waals surface area contributed by atoms with Crippen LogP contribution in [0.15, 0.2) is 60.7 Å². The van der Waals surface area contributed by atoms with Crippen molar-refractivity contribution >= 4 is 0 Å². The molecule has 1 heterocycles. The maximum atomic E-state index is 9.44. The summed E-state index contributed by atoms with van der Waals surface area (Å²) in [6, 6.07) is 21.5. The number of nitrogens with zero attached hydrogens (tertiary/aromatic N) is 1. The van der Waals surface area contributed by atoms with Crippen molar-refractivity contribution in [2.24, 2.45) is 0 Å². The largest absolute Gasteiger partial charge is 0.395 e. The van der Waals surface area contributed by atoms with Crippen LogP contribution in [0.4, 0.5) is 0 Å². The number of aliphatic hydroxyl groups is 1. The zero-order valence-corrected chi connectivity index (χ0v) is 10.2. The molecule has 1 aliphatic heterocycles. The van der Waals surface area contributed by atoms with Crippen LogP contribution in [0.2, 0.25) is 0 Å². The van der Waals surface area contributed by atoms with Crippen molar-refractivity contribution in [3.63, 3.8) is 0 Å². The van der Waals surface area contributed by atoms with E-state index in [-0.39, 0.29) is 12.6 Å². The Morgan fingerprint density at radius 1 is 0.889 bits per heavy atom. The Labute approximate surface area is 107 Å². The fourth-order valence-electron chi connectivity index (χ4n) is 2.61. The van der Waals surface area contributed by atoms with Crippen molar-refractivity contribution in [1.29, 1.82) is 0 Å². The van der Waals surface area contributed by atoms with E-state index in [0.717, 1.165) is 6.54 Å². The van der Waals surface area contributed by atoms with Gasteiger partial charge in [0, 0.05) is 6.54 Å². The predicted octanol–water partition coefficient (Wildman–Crippen LogP) is 2.60. The van der Waals surface area contributed by atoms with Gasteiger partial charge in [0.25, 0.3) is 0 Å². The molecule has 0 aliphatic carbocycles. The Balaban J connectivity index is 1.74. The topological polar surface area (TPSA) is 23.2 Å². The smallest absolute Gasteiger partial charge is 0.0605 e. The van der Waals surface area contributed by atoms with Crippen LogP contribution in [0.1, 0.15) is 17.2 Å². The minimum Gasteiger partial charge on any atom is -0.395 e. The molecule has 1 aliphatic rings. The van der Waals surface area contributed by atoms with Crippen LogP contribution in [0.5, 0.6) is 0 Å². The van der Waals surface area contributed by atoms with Gasteiger partial charge in [-0.2, -0.15) is 0 Å². The second-order valence-electron chi connectivity index (χ2n) is 4.76. The number of aliphatic hydroxyl groups excluding tert-OH is 1. The van der Waals surface area contributed by atoms with Gasteiger partial charge >= 0.3 is 0 Å². The van der Waals surface area contributed by atoms with Gasteiger partial charge in [-0.1, -0.05) is 60.7 Å². The van der Waals surface area contributed by atoms with Crippen molar-refractivity contribution in [1.82, 2.24) is 4.90 Å². The first kappa shape index (κ1) is 11.5. The molecule has 3 rings (SSSR count). The third-order valence-corrected chi connectivity index (χ3v) is 3.59. The summed E-state index contributed by atoms with van der Waals surface area (Å²) in [7, 11) is 0. The molecule has 18 heavy (non-hydrogen) atoms. The number of hydrogen-bond acceptors (Lipinski definition) is 2. The fourth-order valence-corrected chi connectivity index (χ4v) is 2.61. The first-order valence-electron chi connectivity index (χ1n) is 6.35. The molecular weight excluding hydrogens is 222 g/mol. The zero-order valence-electron chi connectivity index (χ0n) is 10.2. The molecule has 2 heteroatoms. The Hall–Kier alpha value is -1.64. The van der Waals surface area contributed by atoms with Crippen LogP contribution >= 0.6 is 0 Å². The summed E-state index contributed by atoms with van der Waals surface area (Å²) in [4.78, 5) is 2.34. The Kier molecular flexibility index (Phi) is 3.13. The van der Waals surface area contributed by atoms with E-state index in [9.17, 15) is 5.11 Å². The van der Waals surface area contributed by atoms with Gasteiger partial charge in [0.05, 0.1) is 18.7 Å². The van der Waals surface area contributed by atoms with Crippen LogP contribution in [0.25, 0.3) is 0 Å². The molecule has 0 spiro atoms. The van der Waals surface area contributed by atoms with E-state index >= 15 is 0 Å². The Morgan fingerprint density at radius 3 is 2.11 bits per heavy atom. The van der Waals surface area contributed by atoms with Crippen LogP contribution < -0.4 is 0 Å². The molecule has 1 saturated heterocycles. The van der Waals surface area contributed by atoms with Crippen molar-refractivity contribution in [3.05, 3.63) is 71.8 Å². The quantitative estimate of drug-likeness (QED) is 0.829. The minimum absolute atomic E-state index is 0.229. The van der Waals surface area contributed by atoms with Gasteiger partial charge in [-0.25, -0.2) is 0 Å². The SMILES string of the molecule is OC[C@H]1[C@@H](c2ccccc2)N1Cc1ccccc1. The Bertz CT molecular complexity index is 497. The van der Waals surface area contributed by atoms with Gasteiger partial charge in [0.15, 0.2) is 0 Å². The van der Waals surface area contributed by atoms with Gasteiger partial charge in [0.2, 0.25) is 0 Å². The molecule has 2 nitrogen and oxygen atoms in total. The predicted molar refractivity (Wildman–Crippen MR) is 72.0 cm³/mol. The van der Waals surface area contributed by atoms with Crippen molar-refractivity contribution < 1.29 is 5.11 Å². The summed E-state index contributed by atoms with van der Waals surface area (Å²) in [6.45, 7) is 1.14. The van der Waals surface area contributed by atoms with E-state index in [1.807, 2.05) is 12.1 Å². The molecule has 1 fully saturated rings. The second kappa shape index (κ2) is 4.92. The van der Waals surface area contributed by atoms with Crippen LogP contribution in [-0.4, -0.2) is 22.7 Å². The van der Waals surface area contributed by atoms with Gasteiger partial charge in [-0.3, -0.25) is 4.90 Å². The molecule has 2 aromatic carbocycles. The molecule has 0 aromatic heterocycles. The molecular formula is C16H17NO. The molecule has 3 atom stereocenters. The lowest BCUT2D eigenvalue weighted by Crippen LogP contribution is -2.04. The van der Waals surface area contributed by atoms with E-state index in [1.165, 1.54) is 11.1 Å². The summed E-state index contributed by atoms with van der Waals surface area (Å²) in [6.07, 6.45) is 0. The monoisotopic (exact) mass is 239 g/mol. The number of benzene rings is 2. The van der Waals surface area contributed by atoms with Gasteiger partial charge < -0.3 is 5.11 Å². The third-order valence-electron chi connectivity index (χ3n) is 3.59. The Morgan fingerprint density at radius 2 is 1.50 bits per heavy atom. The van der Waals surface area contributed by atoms with Crippen LogP contribution in [-0.2, 0) is 6.54 Å². The van der Waals surface area contributed by atoms with Crippen LogP contribution in [0, 0.1) is 0 Å². The summed E-state index contributed by atoms with van der Waals surface area (Å²) in [5.74, 6) is 0. The standard InChI is InChI=1S/C16H17NO/c18-12-15-16(14-9-5-2-6-10-14)17(15)11-13-7-3-1-4-8-13/h1-10,15-16,18H,11-12H2/t15-,16+,17?/m0/s1. The molecule has 92 valence electrons. The highest BCUT2D eigenvalue weighted by atomic mass is 16.3. The summed E-state index contributed by atoms with van der Waals surface area (Å²) < 4.78 is 0. The normalized spacial score (nSPS) is 25.9. The number of hydrogen-bond donors (Lipinski definition) is 1. The maximum Gasteiger partial charge on any atom is 0.0605 e. The fraction of sp³-hybridized carbons (Fsp3) is 0.250. The molecule has 0 amide bonds. The first-order valence-corrected chi connectivity index (χ1v) is 6.35. The third kappa shape index (κ3) is 2.17. The molecule has 0 saturated carbocycles. The van der Waals surface area contributed by atoms with E-state index in [0.29, 0.717) is 6.04 Å². The molecule has 0 radical (unpaired) electrons. The first-order chi connectivity index (χ1) is 8.90. The van der Waals surface area contributed by atoms with E-state index < -0.39 is 0 Å². The average Bonchev–Trinajstić information content (AvgIpc) is 3.14. The lowest BCUT2D eigenvalue weighted by molar-refractivity contribution is 0.272. The molecule has 0 bridgehead atoms.